The molecule has 0 atom stereocenters. The van der Waals surface area contributed by atoms with Crippen molar-refractivity contribution in [1.29, 1.82) is 0 Å². The van der Waals surface area contributed by atoms with Crippen LogP contribution in [0.2, 0.25) is 0 Å². The van der Waals surface area contributed by atoms with E-state index in [9.17, 15) is 0 Å². The lowest BCUT2D eigenvalue weighted by molar-refractivity contribution is 1.27. The first kappa shape index (κ1) is 15.1. The van der Waals surface area contributed by atoms with E-state index in [1.54, 1.807) is 0 Å². The van der Waals surface area contributed by atoms with Crippen LogP contribution in [0.3, 0.4) is 0 Å². The Labute approximate surface area is 141 Å². The third-order valence-corrected chi connectivity index (χ3v) is 5.80. The Balaban J connectivity index is 1.99. The number of halogens is 1. The molecule has 1 aliphatic rings. The molecule has 0 aromatic heterocycles. The van der Waals surface area contributed by atoms with Crippen molar-refractivity contribution in [2.24, 2.45) is 9.98 Å². The van der Waals surface area contributed by atoms with Crippen molar-refractivity contribution in [1.82, 2.24) is 5.32 Å². The monoisotopic (exact) mass is 403 g/mol. The Hall–Kier alpha value is -1.82. The van der Waals surface area contributed by atoms with E-state index in [0.717, 1.165) is 11.3 Å². The molecule has 1 aliphatic heterocycles. The molecular weight excluding hydrogens is 385 g/mol. The summed E-state index contributed by atoms with van der Waals surface area (Å²) in [7, 11) is 0. The highest BCUT2D eigenvalue weighted by molar-refractivity contribution is 14.2. The van der Waals surface area contributed by atoms with E-state index in [-0.39, 0.29) is 20.7 Å². The predicted octanol–water partition coefficient (Wildman–Crippen LogP) is 4.46. The SMILES string of the molecule is CC1=IC(c2ccc(C)cc2)=NC(=Nc2ccccc2C)N1. The second kappa shape index (κ2) is 6.52. The minimum Gasteiger partial charge on any atom is -0.323 e. The van der Waals surface area contributed by atoms with Crippen LogP contribution in [0.4, 0.5) is 5.69 Å². The number of guanidine groups is 1. The predicted molar refractivity (Wildman–Crippen MR) is 104 cm³/mol. The molecule has 0 bridgehead atoms. The lowest BCUT2D eigenvalue weighted by Crippen LogP contribution is -2.29. The standard InChI is InChI=1S/C18H18IN3/c1-12-8-10-15(11-9-12)17-19-14(3)20-18(22-17)21-16-7-5-4-6-13(16)2/h4-11H,1-3H3,(H,20,21,22). The van der Waals surface area contributed by atoms with Crippen LogP contribution in [0.15, 0.2) is 58.5 Å². The van der Waals surface area contributed by atoms with Crippen molar-refractivity contribution >= 4 is 39.7 Å². The van der Waals surface area contributed by atoms with E-state index < -0.39 is 0 Å². The maximum atomic E-state index is 4.75. The fourth-order valence-electron chi connectivity index (χ4n) is 2.12. The Bertz CT molecular complexity index is 786. The number of nitrogens with zero attached hydrogens (tertiary/aromatic N) is 2. The van der Waals surface area contributed by atoms with E-state index in [2.05, 4.69) is 61.4 Å². The van der Waals surface area contributed by atoms with Crippen molar-refractivity contribution in [3.63, 3.8) is 0 Å². The molecule has 2 aromatic carbocycles. The summed E-state index contributed by atoms with van der Waals surface area (Å²) in [4.78, 5) is 9.43. The van der Waals surface area contributed by atoms with Gasteiger partial charge in [0.1, 0.15) is 3.72 Å². The van der Waals surface area contributed by atoms with Gasteiger partial charge in [-0.3, -0.25) is 0 Å². The van der Waals surface area contributed by atoms with Gasteiger partial charge in [0, 0.05) is 5.56 Å². The maximum absolute atomic E-state index is 4.75. The third-order valence-electron chi connectivity index (χ3n) is 3.35. The molecular formula is C18H18IN3. The molecule has 22 heavy (non-hydrogen) atoms. The summed E-state index contributed by atoms with van der Waals surface area (Å²) in [5.74, 6) is 0.688. The van der Waals surface area contributed by atoms with E-state index in [0.29, 0.717) is 5.96 Å². The van der Waals surface area contributed by atoms with Crippen LogP contribution < -0.4 is 5.32 Å². The van der Waals surface area contributed by atoms with Crippen LogP contribution in [-0.2, 0) is 0 Å². The quantitative estimate of drug-likeness (QED) is 0.739. The largest absolute Gasteiger partial charge is 0.323 e. The molecule has 3 rings (SSSR count). The van der Waals surface area contributed by atoms with Crippen LogP contribution in [0.5, 0.6) is 0 Å². The van der Waals surface area contributed by atoms with Gasteiger partial charge in [0.25, 0.3) is 0 Å². The molecule has 2 aromatic rings. The maximum Gasteiger partial charge on any atom is 0.228 e. The summed E-state index contributed by atoms with van der Waals surface area (Å²) >= 11 is -0.239. The molecule has 0 unspecified atom stereocenters. The van der Waals surface area contributed by atoms with E-state index >= 15 is 0 Å². The molecule has 0 aliphatic carbocycles. The Morgan fingerprint density at radius 3 is 2.41 bits per heavy atom. The van der Waals surface area contributed by atoms with Gasteiger partial charge in [0.05, 0.1) is 9.32 Å². The lowest BCUT2D eigenvalue weighted by Gasteiger charge is -2.14. The Morgan fingerprint density at radius 1 is 0.955 bits per heavy atom. The number of aliphatic imine (C=N–C) groups is 2. The van der Waals surface area contributed by atoms with E-state index in [4.69, 9.17) is 4.99 Å². The molecule has 1 heterocycles. The van der Waals surface area contributed by atoms with Gasteiger partial charge < -0.3 is 5.32 Å². The zero-order valence-corrected chi connectivity index (χ0v) is 15.0. The summed E-state index contributed by atoms with van der Waals surface area (Å²) < 4.78 is 2.44. The molecule has 3 nitrogen and oxygen atoms in total. The first-order chi connectivity index (χ1) is 10.6. The highest BCUT2D eigenvalue weighted by atomic mass is 127. The van der Waals surface area contributed by atoms with Crippen molar-refractivity contribution in [2.75, 3.05) is 0 Å². The molecule has 0 saturated heterocycles. The highest BCUT2D eigenvalue weighted by Gasteiger charge is 2.11. The molecule has 4 heteroatoms. The van der Waals surface area contributed by atoms with Crippen molar-refractivity contribution < 1.29 is 0 Å². The molecule has 0 saturated carbocycles. The van der Waals surface area contributed by atoms with Crippen LogP contribution in [0.1, 0.15) is 23.6 Å². The van der Waals surface area contributed by atoms with Crippen molar-refractivity contribution in [2.45, 2.75) is 20.8 Å². The van der Waals surface area contributed by atoms with Crippen molar-refractivity contribution in [3.8, 4) is 0 Å². The third kappa shape index (κ3) is 3.50. The van der Waals surface area contributed by atoms with Gasteiger partial charge in [-0.15, -0.1) is 0 Å². The molecule has 0 fully saturated rings. The molecule has 0 amide bonds. The average Bonchev–Trinajstić information content (AvgIpc) is 2.50. The summed E-state index contributed by atoms with van der Waals surface area (Å²) in [5, 5.41) is 3.33. The van der Waals surface area contributed by atoms with Gasteiger partial charge in [0.2, 0.25) is 5.96 Å². The summed E-state index contributed by atoms with van der Waals surface area (Å²) in [6, 6.07) is 16.7. The minimum atomic E-state index is -0.239. The van der Waals surface area contributed by atoms with Crippen LogP contribution in [0, 0.1) is 13.8 Å². The average molecular weight is 403 g/mol. The summed E-state index contributed by atoms with van der Waals surface area (Å²) in [5.41, 5.74) is 4.59. The zero-order chi connectivity index (χ0) is 15.5. The van der Waals surface area contributed by atoms with E-state index in [1.165, 1.54) is 18.5 Å². The van der Waals surface area contributed by atoms with Crippen LogP contribution >= 0.6 is 20.7 Å². The first-order valence-electron chi connectivity index (χ1n) is 7.17. The van der Waals surface area contributed by atoms with Crippen LogP contribution in [0.25, 0.3) is 0 Å². The number of rotatable bonds is 2. The topological polar surface area (TPSA) is 36.8 Å². The molecule has 112 valence electrons. The second-order valence-corrected chi connectivity index (χ2v) is 8.42. The molecule has 1 N–H and O–H groups in total. The summed E-state index contributed by atoms with van der Waals surface area (Å²) in [6.07, 6.45) is 0. The highest BCUT2D eigenvalue weighted by Crippen LogP contribution is 2.21. The molecule has 0 spiro atoms. The Kier molecular flexibility index (Phi) is 4.47. The number of hydrogen-bond acceptors (Lipinski definition) is 1. The molecule has 0 radical (unpaired) electrons. The van der Waals surface area contributed by atoms with Crippen LogP contribution in [-0.4, -0.2) is 13.3 Å². The van der Waals surface area contributed by atoms with Gasteiger partial charge in [0.15, 0.2) is 0 Å². The van der Waals surface area contributed by atoms with Gasteiger partial charge in [-0.2, -0.15) is 0 Å². The number of benzene rings is 2. The number of hydrogen-bond donors (Lipinski definition) is 1. The fourth-order valence-corrected chi connectivity index (χ4v) is 4.28. The summed E-state index contributed by atoms with van der Waals surface area (Å²) in [6.45, 7) is 6.30. The fraction of sp³-hybridized carbons (Fsp3) is 0.167. The lowest BCUT2D eigenvalue weighted by atomic mass is 10.2. The Morgan fingerprint density at radius 2 is 1.68 bits per heavy atom. The number of nitrogens with one attached hydrogen (secondary N) is 1. The van der Waals surface area contributed by atoms with Gasteiger partial charge in [-0.25, -0.2) is 9.98 Å². The van der Waals surface area contributed by atoms with Gasteiger partial charge in [-0.05, 0) is 53.1 Å². The first-order valence-corrected chi connectivity index (χ1v) is 9.33. The second-order valence-electron chi connectivity index (χ2n) is 5.24. The van der Waals surface area contributed by atoms with Gasteiger partial charge in [-0.1, -0.05) is 48.0 Å². The normalized spacial score (nSPS) is 16.4. The number of aryl methyl sites for hydroxylation is 2. The minimum absolute atomic E-state index is 0.239. The van der Waals surface area contributed by atoms with E-state index in [1.807, 2.05) is 18.2 Å². The number of para-hydroxylation sites is 1. The van der Waals surface area contributed by atoms with Gasteiger partial charge >= 0.3 is 0 Å². The smallest absolute Gasteiger partial charge is 0.228 e. The van der Waals surface area contributed by atoms with Crippen molar-refractivity contribution in [3.05, 3.63) is 65.2 Å². The zero-order valence-electron chi connectivity index (χ0n) is 12.9.